The van der Waals surface area contributed by atoms with Crippen molar-refractivity contribution in [3.05, 3.63) is 71.5 Å². The molecular weight excluding hydrogens is 265 g/mol. The monoisotopic (exact) mass is 285 g/mol. The van der Waals surface area contributed by atoms with E-state index in [1.807, 2.05) is 18.2 Å². The first-order valence-corrected chi connectivity index (χ1v) is 7.19. The molecule has 0 fully saturated rings. The first kappa shape index (κ1) is 15.2. The summed E-state index contributed by atoms with van der Waals surface area (Å²) >= 11 is 0. The predicted octanol–water partition coefficient (Wildman–Crippen LogP) is 3.81. The van der Waals surface area contributed by atoms with Crippen molar-refractivity contribution in [3.8, 4) is 0 Å². The Bertz CT molecular complexity index is 566. The number of nitrogens with zero attached hydrogens (tertiary/aromatic N) is 1. The van der Waals surface area contributed by atoms with Gasteiger partial charge in [0.1, 0.15) is 5.82 Å². The van der Waals surface area contributed by atoms with Gasteiger partial charge in [-0.1, -0.05) is 42.5 Å². The normalized spacial score (nSPS) is 10.4. The van der Waals surface area contributed by atoms with Gasteiger partial charge < -0.3 is 4.90 Å². The molecule has 0 aromatic heterocycles. The summed E-state index contributed by atoms with van der Waals surface area (Å²) in [5.74, 6) is -0.204. The van der Waals surface area contributed by atoms with Gasteiger partial charge in [-0.2, -0.15) is 0 Å². The van der Waals surface area contributed by atoms with Crippen LogP contribution in [0.4, 0.5) is 4.39 Å². The molecule has 0 bridgehead atoms. The van der Waals surface area contributed by atoms with Crippen LogP contribution in [0, 0.1) is 5.82 Å². The number of amides is 1. The van der Waals surface area contributed by atoms with Crippen LogP contribution >= 0.6 is 0 Å². The largest absolute Gasteiger partial charge is 0.339 e. The van der Waals surface area contributed by atoms with E-state index in [9.17, 15) is 9.18 Å². The summed E-state index contributed by atoms with van der Waals surface area (Å²) in [6.45, 7) is 2.82. The van der Waals surface area contributed by atoms with Gasteiger partial charge in [0.25, 0.3) is 0 Å². The van der Waals surface area contributed by atoms with Crippen LogP contribution in [-0.2, 0) is 17.8 Å². The maximum atomic E-state index is 12.9. The predicted molar refractivity (Wildman–Crippen MR) is 82.3 cm³/mol. The lowest BCUT2D eigenvalue weighted by atomic mass is 10.1. The van der Waals surface area contributed by atoms with Crippen molar-refractivity contribution < 1.29 is 9.18 Å². The van der Waals surface area contributed by atoms with Gasteiger partial charge in [-0.15, -0.1) is 0 Å². The number of halogens is 1. The second kappa shape index (κ2) is 7.58. The number of hydrogen-bond donors (Lipinski definition) is 0. The van der Waals surface area contributed by atoms with Gasteiger partial charge in [0.05, 0.1) is 0 Å². The number of carbonyl (C=O) groups excluding carboxylic acids is 1. The maximum absolute atomic E-state index is 12.9. The van der Waals surface area contributed by atoms with Crippen molar-refractivity contribution in [3.63, 3.8) is 0 Å². The van der Waals surface area contributed by atoms with E-state index in [1.165, 1.54) is 17.7 Å². The van der Waals surface area contributed by atoms with E-state index >= 15 is 0 Å². The van der Waals surface area contributed by atoms with Crippen LogP contribution in [-0.4, -0.2) is 17.4 Å². The average Bonchev–Trinajstić information content (AvgIpc) is 2.49. The molecule has 2 rings (SSSR count). The molecular formula is C18H20FNO. The molecule has 0 heterocycles. The molecule has 0 atom stereocenters. The summed E-state index contributed by atoms with van der Waals surface area (Å²) in [5, 5.41) is 0. The van der Waals surface area contributed by atoms with E-state index in [4.69, 9.17) is 0 Å². The minimum Gasteiger partial charge on any atom is -0.339 e. The first-order valence-electron chi connectivity index (χ1n) is 7.19. The molecule has 2 aromatic carbocycles. The molecule has 0 saturated carbocycles. The molecule has 0 N–H and O–H groups in total. The van der Waals surface area contributed by atoms with Crippen molar-refractivity contribution in [1.82, 2.24) is 4.90 Å². The minimum absolute atomic E-state index is 0.0485. The van der Waals surface area contributed by atoms with Crippen molar-refractivity contribution in [2.45, 2.75) is 26.3 Å². The fourth-order valence-electron chi connectivity index (χ4n) is 2.28. The van der Waals surface area contributed by atoms with Crippen molar-refractivity contribution in [1.29, 1.82) is 0 Å². The van der Waals surface area contributed by atoms with Crippen LogP contribution in [0.2, 0.25) is 0 Å². The summed E-state index contributed by atoms with van der Waals surface area (Å²) in [4.78, 5) is 13.5. The van der Waals surface area contributed by atoms with Gasteiger partial charge in [0.15, 0.2) is 0 Å². The molecule has 0 radical (unpaired) electrons. The van der Waals surface area contributed by atoms with Gasteiger partial charge in [0.2, 0.25) is 5.91 Å². The SMILES string of the molecule is CC(=O)N(CCCc1ccccc1)Cc1ccc(F)cc1. The number of benzene rings is 2. The molecule has 0 aliphatic heterocycles. The lowest BCUT2D eigenvalue weighted by molar-refractivity contribution is -0.129. The number of carbonyl (C=O) groups is 1. The van der Waals surface area contributed by atoms with E-state index in [2.05, 4.69) is 12.1 Å². The Morgan fingerprint density at radius 2 is 1.67 bits per heavy atom. The molecule has 0 aliphatic rings. The van der Waals surface area contributed by atoms with Crippen molar-refractivity contribution >= 4 is 5.91 Å². The Balaban J connectivity index is 1.87. The van der Waals surface area contributed by atoms with Gasteiger partial charge in [0, 0.05) is 20.0 Å². The third-order valence-corrected chi connectivity index (χ3v) is 3.47. The van der Waals surface area contributed by atoms with Crippen LogP contribution in [0.25, 0.3) is 0 Å². The fraction of sp³-hybridized carbons (Fsp3) is 0.278. The third-order valence-electron chi connectivity index (χ3n) is 3.47. The highest BCUT2D eigenvalue weighted by Crippen LogP contribution is 2.09. The zero-order chi connectivity index (χ0) is 15.1. The summed E-state index contributed by atoms with van der Waals surface area (Å²) in [6.07, 6.45) is 1.87. The topological polar surface area (TPSA) is 20.3 Å². The van der Waals surface area contributed by atoms with E-state index in [0.29, 0.717) is 13.1 Å². The fourth-order valence-corrected chi connectivity index (χ4v) is 2.28. The van der Waals surface area contributed by atoms with Crippen LogP contribution in [0.15, 0.2) is 54.6 Å². The summed E-state index contributed by atoms with van der Waals surface area (Å²) in [5.41, 5.74) is 2.23. The Hall–Kier alpha value is -2.16. The Morgan fingerprint density at radius 1 is 1.00 bits per heavy atom. The molecule has 0 aliphatic carbocycles. The van der Waals surface area contributed by atoms with E-state index in [0.717, 1.165) is 18.4 Å². The maximum Gasteiger partial charge on any atom is 0.219 e. The molecule has 0 saturated heterocycles. The van der Waals surface area contributed by atoms with Crippen LogP contribution in [0.1, 0.15) is 24.5 Å². The number of hydrogen-bond acceptors (Lipinski definition) is 1. The molecule has 3 heteroatoms. The van der Waals surface area contributed by atoms with Gasteiger partial charge in [-0.25, -0.2) is 4.39 Å². The Labute approximate surface area is 125 Å². The summed E-state index contributed by atoms with van der Waals surface area (Å²) in [7, 11) is 0. The molecule has 21 heavy (non-hydrogen) atoms. The Morgan fingerprint density at radius 3 is 2.29 bits per heavy atom. The second-order valence-electron chi connectivity index (χ2n) is 5.16. The first-order chi connectivity index (χ1) is 10.1. The van der Waals surface area contributed by atoms with Gasteiger partial charge >= 0.3 is 0 Å². The van der Waals surface area contributed by atoms with E-state index in [-0.39, 0.29) is 11.7 Å². The van der Waals surface area contributed by atoms with Crippen LogP contribution < -0.4 is 0 Å². The van der Waals surface area contributed by atoms with Crippen LogP contribution in [0.5, 0.6) is 0 Å². The minimum atomic E-state index is -0.253. The smallest absolute Gasteiger partial charge is 0.219 e. The van der Waals surface area contributed by atoms with Gasteiger partial charge in [-0.05, 0) is 36.1 Å². The molecule has 0 spiro atoms. The summed E-state index contributed by atoms with van der Waals surface area (Å²) in [6, 6.07) is 16.5. The highest BCUT2D eigenvalue weighted by Gasteiger charge is 2.09. The lowest BCUT2D eigenvalue weighted by Gasteiger charge is -2.21. The number of aryl methyl sites for hydroxylation is 1. The average molecular weight is 285 g/mol. The molecule has 2 nitrogen and oxygen atoms in total. The molecule has 1 amide bonds. The Kier molecular flexibility index (Phi) is 5.50. The third kappa shape index (κ3) is 5.03. The zero-order valence-corrected chi connectivity index (χ0v) is 12.3. The van der Waals surface area contributed by atoms with Crippen LogP contribution in [0.3, 0.4) is 0 Å². The molecule has 2 aromatic rings. The van der Waals surface area contributed by atoms with Gasteiger partial charge in [-0.3, -0.25) is 4.79 Å². The standard InChI is InChI=1S/C18H20FNO/c1-15(21)20(14-17-9-11-18(19)12-10-17)13-5-8-16-6-3-2-4-7-16/h2-4,6-7,9-12H,5,8,13-14H2,1H3. The zero-order valence-electron chi connectivity index (χ0n) is 12.3. The highest BCUT2D eigenvalue weighted by molar-refractivity contribution is 5.73. The van der Waals surface area contributed by atoms with E-state index in [1.54, 1.807) is 24.0 Å². The highest BCUT2D eigenvalue weighted by atomic mass is 19.1. The molecule has 0 unspecified atom stereocenters. The van der Waals surface area contributed by atoms with Crippen molar-refractivity contribution in [2.24, 2.45) is 0 Å². The second-order valence-corrected chi connectivity index (χ2v) is 5.16. The molecule has 110 valence electrons. The van der Waals surface area contributed by atoms with Crippen molar-refractivity contribution in [2.75, 3.05) is 6.54 Å². The van der Waals surface area contributed by atoms with E-state index < -0.39 is 0 Å². The summed E-state index contributed by atoms with van der Waals surface area (Å²) < 4.78 is 12.9. The number of rotatable bonds is 6. The quantitative estimate of drug-likeness (QED) is 0.790. The lowest BCUT2D eigenvalue weighted by Crippen LogP contribution is -2.29.